The Labute approximate surface area is 131 Å². The predicted octanol–water partition coefficient (Wildman–Crippen LogP) is 4.21. The van der Waals surface area contributed by atoms with Gasteiger partial charge in [-0.15, -0.1) is 13.2 Å². The molecule has 0 aliphatic heterocycles. The van der Waals surface area contributed by atoms with Gasteiger partial charge in [0.1, 0.15) is 10.8 Å². The van der Waals surface area contributed by atoms with E-state index in [0.29, 0.717) is 10.0 Å². The van der Waals surface area contributed by atoms with Gasteiger partial charge in [0.2, 0.25) is 0 Å². The van der Waals surface area contributed by atoms with Gasteiger partial charge in [-0.3, -0.25) is 4.79 Å². The summed E-state index contributed by atoms with van der Waals surface area (Å²) in [5.74, 6) is -0.313. The normalized spacial score (nSPS) is 11.5. The minimum atomic E-state index is -4.72. The summed E-state index contributed by atoms with van der Waals surface area (Å²) in [7, 11) is 0. The molecule has 1 heterocycles. The Morgan fingerprint density at radius 3 is 2.38 bits per heavy atom. The smallest absolute Gasteiger partial charge is 0.406 e. The number of rotatable bonds is 3. The van der Waals surface area contributed by atoms with Crippen LogP contribution in [0.3, 0.4) is 0 Å². The highest BCUT2D eigenvalue weighted by Crippen LogP contribution is 2.23. The molecule has 2 rings (SSSR count). The Hall–Kier alpha value is -1.47. The van der Waals surface area contributed by atoms with Gasteiger partial charge < -0.3 is 9.30 Å². The number of aromatic nitrogens is 1. The minimum Gasteiger partial charge on any atom is -0.406 e. The molecule has 0 spiro atoms. The minimum absolute atomic E-state index is 0.0505. The van der Waals surface area contributed by atoms with Crippen molar-refractivity contribution in [1.29, 1.82) is 0 Å². The maximum atomic E-state index is 12.0. The van der Waals surface area contributed by atoms with Crippen molar-refractivity contribution in [1.82, 2.24) is 4.57 Å². The van der Waals surface area contributed by atoms with E-state index in [-0.39, 0.29) is 22.9 Å². The molecule has 2 aromatic rings. The Kier molecular flexibility index (Phi) is 4.63. The maximum Gasteiger partial charge on any atom is 0.573 e. The average Bonchev–Trinajstić information content (AvgIpc) is 2.40. The van der Waals surface area contributed by atoms with Gasteiger partial charge in [0.25, 0.3) is 5.56 Å². The van der Waals surface area contributed by atoms with Gasteiger partial charge in [-0.25, -0.2) is 0 Å². The molecule has 3 nitrogen and oxygen atoms in total. The summed E-state index contributed by atoms with van der Waals surface area (Å²) in [6, 6.07) is 6.89. The van der Waals surface area contributed by atoms with Crippen LogP contribution >= 0.6 is 27.5 Å². The summed E-state index contributed by atoms with van der Waals surface area (Å²) < 4.78 is 41.7. The lowest BCUT2D eigenvalue weighted by atomic mass is 10.2. The molecule has 0 aliphatic rings. The lowest BCUT2D eigenvalue weighted by molar-refractivity contribution is -0.274. The van der Waals surface area contributed by atoms with Crippen LogP contribution in [0.15, 0.2) is 45.8 Å². The zero-order valence-electron chi connectivity index (χ0n) is 10.3. The molecular formula is C13H8BrClF3NO2. The summed E-state index contributed by atoms with van der Waals surface area (Å²) in [5.41, 5.74) is 0.256. The van der Waals surface area contributed by atoms with Crippen LogP contribution in [0.2, 0.25) is 5.02 Å². The Morgan fingerprint density at radius 1 is 1.19 bits per heavy atom. The Bertz CT molecular complexity index is 698. The second kappa shape index (κ2) is 6.11. The van der Waals surface area contributed by atoms with Crippen LogP contribution in [-0.2, 0) is 6.54 Å². The lowest BCUT2D eigenvalue weighted by Gasteiger charge is -2.10. The molecule has 0 unspecified atom stereocenters. The first kappa shape index (κ1) is 15.9. The summed E-state index contributed by atoms with van der Waals surface area (Å²) in [6.45, 7) is 0.193. The third kappa shape index (κ3) is 4.25. The number of ether oxygens (including phenoxy) is 1. The summed E-state index contributed by atoms with van der Waals surface area (Å²) >= 11 is 8.96. The van der Waals surface area contributed by atoms with Crippen LogP contribution in [0.5, 0.6) is 5.75 Å². The van der Waals surface area contributed by atoms with Crippen LogP contribution in [0.1, 0.15) is 5.56 Å². The van der Waals surface area contributed by atoms with Crippen LogP contribution in [-0.4, -0.2) is 10.9 Å². The van der Waals surface area contributed by atoms with Crippen molar-refractivity contribution in [2.75, 3.05) is 0 Å². The zero-order chi connectivity index (χ0) is 15.6. The van der Waals surface area contributed by atoms with E-state index in [0.717, 1.165) is 0 Å². The molecule has 8 heteroatoms. The number of pyridine rings is 1. The number of benzene rings is 1. The van der Waals surface area contributed by atoms with Crippen LogP contribution in [0, 0.1) is 0 Å². The van der Waals surface area contributed by atoms with Gasteiger partial charge in [-0.2, -0.15) is 0 Å². The fraction of sp³-hybridized carbons (Fsp3) is 0.154. The largest absolute Gasteiger partial charge is 0.573 e. The summed E-state index contributed by atoms with van der Waals surface area (Å²) in [4.78, 5) is 11.9. The number of alkyl halides is 3. The first-order valence-electron chi connectivity index (χ1n) is 5.65. The molecular weight excluding hydrogens is 374 g/mol. The van der Waals surface area contributed by atoms with Gasteiger partial charge in [0, 0.05) is 10.7 Å². The molecule has 0 fully saturated rings. The first-order valence-corrected chi connectivity index (χ1v) is 6.82. The fourth-order valence-corrected chi connectivity index (χ4v) is 2.10. The van der Waals surface area contributed by atoms with Crippen molar-refractivity contribution in [3.8, 4) is 5.75 Å². The number of halogens is 5. The monoisotopic (exact) mass is 381 g/mol. The Balaban J connectivity index is 2.18. The number of hydrogen-bond acceptors (Lipinski definition) is 2. The highest BCUT2D eigenvalue weighted by Gasteiger charge is 2.30. The summed E-state index contributed by atoms with van der Waals surface area (Å²) in [5, 5.41) is 0.0505. The van der Waals surface area contributed by atoms with Gasteiger partial charge in [0.05, 0.1) is 6.54 Å². The first-order chi connectivity index (χ1) is 9.76. The molecule has 1 aromatic carbocycles. The lowest BCUT2D eigenvalue weighted by Crippen LogP contribution is -2.20. The third-order valence-electron chi connectivity index (χ3n) is 2.57. The van der Waals surface area contributed by atoms with Crippen molar-refractivity contribution in [3.63, 3.8) is 0 Å². The molecule has 0 atom stereocenters. The number of hydrogen-bond donors (Lipinski definition) is 0. The highest BCUT2D eigenvalue weighted by molar-refractivity contribution is 9.10. The van der Waals surface area contributed by atoms with Crippen LogP contribution in [0.4, 0.5) is 13.2 Å². The van der Waals surface area contributed by atoms with Crippen molar-refractivity contribution < 1.29 is 17.9 Å². The molecule has 0 aliphatic carbocycles. The van der Waals surface area contributed by atoms with Crippen molar-refractivity contribution in [3.05, 3.63) is 61.9 Å². The quantitative estimate of drug-likeness (QED) is 0.796. The molecule has 0 saturated carbocycles. The van der Waals surface area contributed by atoms with E-state index < -0.39 is 6.36 Å². The van der Waals surface area contributed by atoms with E-state index in [2.05, 4.69) is 20.7 Å². The topological polar surface area (TPSA) is 31.2 Å². The number of nitrogens with zero attached hydrogens (tertiary/aromatic N) is 1. The van der Waals surface area contributed by atoms with E-state index in [1.165, 1.54) is 28.8 Å². The van der Waals surface area contributed by atoms with Crippen molar-refractivity contribution in [2.24, 2.45) is 0 Å². The van der Waals surface area contributed by atoms with Crippen LogP contribution < -0.4 is 10.3 Å². The molecule has 0 amide bonds. The van der Waals surface area contributed by atoms with E-state index in [4.69, 9.17) is 11.6 Å². The van der Waals surface area contributed by atoms with Crippen molar-refractivity contribution in [2.45, 2.75) is 12.9 Å². The summed E-state index contributed by atoms with van der Waals surface area (Å²) in [6.07, 6.45) is -3.18. The molecule has 1 aromatic heterocycles. The van der Waals surface area contributed by atoms with Gasteiger partial charge in [0.15, 0.2) is 0 Å². The third-order valence-corrected chi connectivity index (χ3v) is 3.82. The van der Waals surface area contributed by atoms with E-state index in [1.54, 1.807) is 12.3 Å². The van der Waals surface area contributed by atoms with E-state index in [1.807, 2.05) is 0 Å². The molecule has 0 radical (unpaired) electrons. The average molecular weight is 383 g/mol. The van der Waals surface area contributed by atoms with Gasteiger partial charge in [-0.1, -0.05) is 23.7 Å². The van der Waals surface area contributed by atoms with Gasteiger partial charge in [-0.05, 0) is 39.7 Å². The molecule has 0 bridgehead atoms. The van der Waals surface area contributed by atoms with E-state index >= 15 is 0 Å². The Morgan fingerprint density at radius 2 is 1.81 bits per heavy atom. The van der Waals surface area contributed by atoms with Crippen molar-refractivity contribution >= 4 is 27.5 Å². The zero-order valence-corrected chi connectivity index (χ0v) is 12.7. The molecule has 21 heavy (non-hydrogen) atoms. The molecule has 112 valence electrons. The highest BCUT2D eigenvalue weighted by atomic mass is 79.9. The van der Waals surface area contributed by atoms with E-state index in [9.17, 15) is 18.0 Å². The SMILES string of the molecule is O=c1c(Cl)c(Br)ccn1Cc1ccc(OC(F)(F)F)cc1. The maximum absolute atomic E-state index is 12.0. The standard InChI is InChI=1S/C13H8BrClF3NO2/c14-10-5-6-19(12(20)11(10)15)7-8-1-3-9(4-2-8)21-13(16,17)18/h1-6H,7H2. The molecule has 0 N–H and O–H groups in total. The molecule has 0 saturated heterocycles. The fourth-order valence-electron chi connectivity index (χ4n) is 1.64. The van der Waals surface area contributed by atoms with Gasteiger partial charge >= 0.3 is 6.36 Å². The van der Waals surface area contributed by atoms with Crippen LogP contribution in [0.25, 0.3) is 0 Å². The second-order valence-electron chi connectivity index (χ2n) is 4.10. The predicted molar refractivity (Wildman–Crippen MR) is 75.6 cm³/mol. The second-order valence-corrected chi connectivity index (χ2v) is 5.33.